The summed E-state index contributed by atoms with van der Waals surface area (Å²) in [7, 11) is 0. The Labute approximate surface area is 112 Å². The van der Waals surface area contributed by atoms with Crippen LogP contribution in [0.1, 0.15) is 31.2 Å². The average Bonchev–Trinajstić information content (AvgIpc) is 2.98. The van der Waals surface area contributed by atoms with E-state index in [1.54, 1.807) is 18.6 Å². The van der Waals surface area contributed by atoms with Gasteiger partial charge in [0.05, 0.1) is 5.70 Å². The molecule has 0 spiro atoms. The van der Waals surface area contributed by atoms with Crippen LogP contribution in [0.3, 0.4) is 0 Å². The topological polar surface area (TPSA) is 102 Å². The summed E-state index contributed by atoms with van der Waals surface area (Å²) in [5.74, 6) is 0.774. The first-order valence-corrected chi connectivity index (χ1v) is 6.57. The van der Waals surface area contributed by atoms with Crippen molar-refractivity contribution >= 4 is 5.84 Å². The maximum absolute atomic E-state index is 5.93. The molecule has 3 rings (SSSR count). The first kappa shape index (κ1) is 12.0. The SMILES string of the molecule is NC1=CNC(c2cncnc2)(C2CCCC2)N=C1N. The fraction of sp³-hybridized carbons (Fsp3) is 0.462. The lowest BCUT2D eigenvalue weighted by atomic mass is 9.85. The van der Waals surface area contributed by atoms with Gasteiger partial charge in [0.15, 0.2) is 5.66 Å². The van der Waals surface area contributed by atoms with Gasteiger partial charge in [0, 0.05) is 30.1 Å². The Morgan fingerprint density at radius 2 is 1.84 bits per heavy atom. The number of hydrogen-bond acceptors (Lipinski definition) is 6. The van der Waals surface area contributed by atoms with Crippen molar-refractivity contribution in [3.05, 3.63) is 36.2 Å². The van der Waals surface area contributed by atoms with Crippen LogP contribution in [0.25, 0.3) is 0 Å². The molecule has 1 saturated carbocycles. The zero-order valence-corrected chi connectivity index (χ0v) is 10.7. The molecule has 1 unspecified atom stereocenters. The van der Waals surface area contributed by atoms with Crippen LogP contribution in [0.2, 0.25) is 0 Å². The minimum Gasteiger partial charge on any atom is -0.395 e. The van der Waals surface area contributed by atoms with Gasteiger partial charge >= 0.3 is 0 Å². The molecule has 1 fully saturated rings. The average molecular weight is 258 g/mol. The quantitative estimate of drug-likeness (QED) is 0.720. The van der Waals surface area contributed by atoms with Crippen molar-refractivity contribution in [1.82, 2.24) is 15.3 Å². The van der Waals surface area contributed by atoms with Crippen LogP contribution in [0.15, 0.2) is 35.6 Å². The summed E-state index contributed by atoms with van der Waals surface area (Å²) in [6.45, 7) is 0. The second-order valence-corrected chi connectivity index (χ2v) is 5.12. The molecular weight excluding hydrogens is 240 g/mol. The van der Waals surface area contributed by atoms with E-state index in [9.17, 15) is 0 Å². The molecule has 2 aliphatic rings. The fourth-order valence-corrected chi connectivity index (χ4v) is 2.98. The molecule has 1 aromatic rings. The van der Waals surface area contributed by atoms with Crippen LogP contribution in [-0.4, -0.2) is 15.8 Å². The number of rotatable bonds is 2. The molecule has 0 bridgehead atoms. The van der Waals surface area contributed by atoms with Gasteiger partial charge in [0.2, 0.25) is 0 Å². The van der Waals surface area contributed by atoms with Crippen LogP contribution in [0.5, 0.6) is 0 Å². The second-order valence-electron chi connectivity index (χ2n) is 5.12. The van der Waals surface area contributed by atoms with E-state index in [-0.39, 0.29) is 0 Å². The second kappa shape index (κ2) is 4.53. The minimum atomic E-state index is -0.565. The Kier molecular flexibility index (Phi) is 2.85. The summed E-state index contributed by atoms with van der Waals surface area (Å²) in [6.07, 6.45) is 11.5. The zero-order chi connectivity index (χ0) is 13.3. The molecule has 1 aromatic heterocycles. The molecule has 1 aliphatic carbocycles. The highest BCUT2D eigenvalue weighted by atomic mass is 15.2. The van der Waals surface area contributed by atoms with Gasteiger partial charge < -0.3 is 16.8 Å². The van der Waals surface area contributed by atoms with Crippen LogP contribution < -0.4 is 16.8 Å². The van der Waals surface area contributed by atoms with Gasteiger partial charge in [-0.25, -0.2) is 15.0 Å². The molecule has 0 amide bonds. The number of amidine groups is 1. The van der Waals surface area contributed by atoms with Gasteiger partial charge in [-0.2, -0.15) is 0 Å². The highest BCUT2D eigenvalue weighted by molar-refractivity contribution is 5.96. The van der Waals surface area contributed by atoms with Crippen LogP contribution >= 0.6 is 0 Å². The normalized spacial score (nSPS) is 27.6. The predicted molar refractivity (Wildman–Crippen MR) is 72.7 cm³/mol. The maximum atomic E-state index is 5.93. The van der Waals surface area contributed by atoms with E-state index in [1.165, 1.54) is 19.2 Å². The lowest BCUT2D eigenvalue weighted by Gasteiger charge is -2.38. The number of nitrogens with zero attached hydrogens (tertiary/aromatic N) is 3. The molecule has 6 heteroatoms. The first-order valence-electron chi connectivity index (χ1n) is 6.57. The van der Waals surface area contributed by atoms with Crippen LogP contribution in [0, 0.1) is 5.92 Å². The molecular formula is C13H18N6. The standard InChI is InChI=1S/C13H18N6/c14-11-7-18-13(19-12(11)15,9-3-1-2-4-9)10-5-16-8-17-6-10/h5-9,18H,1-4,14H2,(H2,15,19). The number of aromatic nitrogens is 2. The van der Waals surface area contributed by atoms with Crippen molar-refractivity contribution in [1.29, 1.82) is 0 Å². The molecule has 19 heavy (non-hydrogen) atoms. The molecule has 6 nitrogen and oxygen atoms in total. The summed E-state index contributed by atoms with van der Waals surface area (Å²) >= 11 is 0. The summed E-state index contributed by atoms with van der Waals surface area (Å²) in [4.78, 5) is 12.9. The van der Waals surface area contributed by atoms with Gasteiger partial charge in [-0.3, -0.25) is 0 Å². The van der Waals surface area contributed by atoms with Crippen molar-refractivity contribution < 1.29 is 0 Å². The third-order valence-electron chi connectivity index (χ3n) is 3.99. The molecule has 0 aromatic carbocycles. The molecule has 0 radical (unpaired) electrons. The van der Waals surface area contributed by atoms with Crippen molar-refractivity contribution in [3.8, 4) is 0 Å². The molecule has 2 heterocycles. The van der Waals surface area contributed by atoms with Crippen LogP contribution in [-0.2, 0) is 5.66 Å². The monoisotopic (exact) mass is 258 g/mol. The van der Waals surface area contributed by atoms with E-state index in [1.807, 2.05) is 0 Å². The highest BCUT2D eigenvalue weighted by Gasteiger charge is 2.43. The van der Waals surface area contributed by atoms with Gasteiger partial charge in [-0.1, -0.05) is 12.8 Å². The summed E-state index contributed by atoms with van der Waals surface area (Å²) in [5.41, 5.74) is 12.6. The minimum absolute atomic E-state index is 0.384. The van der Waals surface area contributed by atoms with Crippen molar-refractivity contribution in [3.63, 3.8) is 0 Å². The Hall–Kier alpha value is -2.11. The summed E-state index contributed by atoms with van der Waals surface area (Å²) in [5, 5.41) is 3.34. The Morgan fingerprint density at radius 1 is 1.16 bits per heavy atom. The van der Waals surface area contributed by atoms with Crippen molar-refractivity contribution in [2.24, 2.45) is 22.4 Å². The largest absolute Gasteiger partial charge is 0.395 e. The van der Waals surface area contributed by atoms with Gasteiger partial charge in [0.1, 0.15) is 12.2 Å². The van der Waals surface area contributed by atoms with E-state index in [0.717, 1.165) is 18.4 Å². The first-order chi connectivity index (χ1) is 9.22. The number of nitrogens with two attached hydrogens (primary N) is 2. The fourth-order valence-electron chi connectivity index (χ4n) is 2.98. The lowest BCUT2D eigenvalue weighted by Crippen LogP contribution is -2.49. The number of aliphatic imine (C=N–C) groups is 1. The van der Waals surface area contributed by atoms with Gasteiger partial charge in [0.25, 0.3) is 0 Å². The third kappa shape index (κ3) is 1.93. The Balaban J connectivity index is 2.07. The molecule has 100 valence electrons. The van der Waals surface area contributed by atoms with E-state index in [4.69, 9.17) is 11.5 Å². The maximum Gasteiger partial charge on any atom is 0.163 e. The molecule has 0 saturated heterocycles. The van der Waals surface area contributed by atoms with Crippen molar-refractivity contribution in [2.75, 3.05) is 0 Å². The Bertz CT molecular complexity index is 517. The zero-order valence-electron chi connectivity index (χ0n) is 10.7. The molecule has 5 N–H and O–H groups in total. The van der Waals surface area contributed by atoms with Gasteiger partial charge in [-0.15, -0.1) is 0 Å². The summed E-state index contributed by atoms with van der Waals surface area (Å²) < 4.78 is 0. The van der Waals surface area contributed by atoms with Gasteiger partial charge in [-0.05, 0) is 12.8 Å². The van der Waals surface area contributed by atoms with E-state index in [2.05, 4.69) is 20.3 Å². The molecule has 1 atom stereocenters. The lowest BCUT2D eigenvalue weighted by molar-refractivity contribution is 0.243. The molecule has 1 aliphatic heterocycles. The number of hydrogen-bond donors (Lipinski definition) is 3. The smallest absolute Gasteiger partial charge is 0.163 e. The third-order valence-corrected chi connectivity index (χ3v) is 3.99. The number of nitrogens with one attached hydrogen (secondary N) is 1. The van der Waals surface area contributed by atoms with Crippen LogP contribution in [0.4, 0.5) is 0 Å². The van der Waals surface area contributed by atoms with E-state index >= 15 is 0 Å². The summed E-state index contributed by atoms with van der Waals surface area (Å²) in [6, 6.07) is 0. The highest BCUT2D eigenvalue weighted by Crippen LogP contribution is 2.42. The van der Waals surface area contributed by atoms with E-state index in [0.29, 0.717) is 17.5 Å². The van der Waals surface area contributed by atoms with Crippen molar-refractivity contribution in [2.45, 2.75) is 31.3 Å². The predicted octanol–water partition coefficient (Wildman–Crippen LogP) is 0.580. The van der Waals surface area contributed by atoms with E-state index < -0.39 is 5.66 Å². The Morgan fingerprint density at radius 3 is 2.47 bits per heavy atom.